The van der Waals surface area contributed by atoms with Crippen molar-refractivity contribution in [3.05, 3.63) is 24.3 Å². The molecule has 0 atom stereocenters. The van der Waals surface area contributed by atoms with Gasteiger partial charge in [-0.25, -0.2) is 8.42 Å². The highest BCUT2D eigenvalue weighted by atomic mass is 32.2. The van der Waals surface area contributed by atoms with Crippen LogP contribution in [0.2, 0.25) is 0 Å². The number of aromatic nitrogens is 2. The number of sulfonamides is 1. The lowest BCUT2D eigenvalue weighted by molar-refractivity contribution is 0.468. The monoisotopic (exact) mass is 265 g/mol. The highest BCUT2D eigenvalue weighted by molar-refractivity contribution is 7.89. The van der Waals surface area contributed by atoms with Gasteiger partial charge < -0.3 is 0 Å². The molecule has 1 saturated heterocycles. The number of hydrogen-bond acceptors (Lipinski definition) is 3. The fourth-order valence-corrected chi connectivity index (χ4v) is 4.29. The molecule has 1 fully saturated rings. The van der Waals surface area contributed by atoms with Crippen LogP contribution in [-0.2, 0) is 17.1 Å². The molecule has 1 aromatic carbocycles. The molecule has 0 spiro atoms. The normalized spacial score (nSPS) is 17.6. The molecule has 2 aromatic rings. The zero-order chi connectivity index (χ0) is 12.8. The number of fused-ring (bicyclic) bond motifs is 1. The Bertz CT molecular complexity index is 684. The molecule has 0 radical (unpaired) electrons. The molecule has 0 amide bonds. The zero-order valence-electron chi connectivity index (χ0n) is 10.2. The fourth-order valence-electron chi connectivity index (χ4n) is 2.48. The molecule has 1 aromatic heterocycles. The third kappa shape index (κ3) is 1.64. The van der Waals surface area contributed by atoms with Crippen LogP contribution >= 0.6 is 0 Å². The Labute approximate surface area is 106 Å². The summed E-state index contributed by atoms with van der Waals surface area (Å²) in [6.07, 6.45) is 1.88. The number of rotatable bonds is 2. The minimum absolute atomic E-state index is 0.306. The van der Waals surface area contributed by atoms with Crippen molar-refractivity contribution in [1.82, 2.24) is 14.1 Å². The Hall–Kier alpha value is -1.40. The van der Waals surface area contributed by atoms with Crippen LogP contribution in [0.3, 0.4) is 0 Å². The maximum Gasteiger partial charge on any atom is 0.260 e. The first-order chi connectivity index (χ1) is 8.60. The summed E-state index contributed by atoms with van der Waals surface area (Å²) in [6, 6.07) is 7.35. The van der Waals surface area contributed by atoms with Crippen LogP contribution < -0.4 is 0 Å². The molecule has 5 nitrogen and oxygen atoms in total. The smallest absolute Gasteiger partial charge is 0.255 e. The Kier molecular flexibility index (Phi) is 2.64. The molecule has 2 heterocycles. The van der Waals surface area contributed by atoms with Gasteiger partial charge in [-0.15, -0.1) is 0 Å². The standard InChI is InChI=1S/C12H15N3O2S/c1-14-12(10-6-2-3-7-11(10)13-14)18(16,17)15-8-4-5-9-15/h2-3,6-7H,4-5,8-9H2,1H3. The molecule has 0 saturated carbocycles. The van der Waals surface area contributed by atoms with E-state index in [1.807, 2.05) is 24.3 Å². The highest BCUT2D eigenvalue weighted by Crippen LogP contribution is 2.27. The molecular weight excluding hydrogens is 250 g/mol. The van der Waals surface area contributed by atoms with Crippen LogP contribution in [-0.4, -0.2) is 35.6 Å². The molecule has 0 N–H and O–H groups in total. The first kappa shape index (κ1) is 11.7. The average Bonchev–Trinajstić information content (AvgIpc) is 2.94. The van der Waals surface area contributed by atoms with Crippen LogP contribution in [0.5, 0.6) is 0 Å². The molecule has 6 heteroatoms. The maximum absolute atomic E-state index is 12.6. The van der Waals surface area contributed by atoms with Gasteiger partial charge in [-0.1, -0.05) is 12.1 Å². The van der Waals surface area contributed by atoms with Crippen LogP contribution in [0.4, 0.5) is 0 Å². The van der Waals surface area contributed by atoms with Gasteiger partial charge in [0.2, 0.25) is 0 Å². The maximum atomic E-state index is 12.6. The van der Waals surface area contributed by atoms with E-state index in [9.17, 15) is 8.42 Å². The van der Waals surface area contributed by atoms with E-state index in [1.165, 1.54) is 4.68 Å². The Morgan fingerprint density at radius 3 is 2.56 bits per heavy atom. The number of aryl methyl sites for hydroxylation is 1. The van der Waals surface area contributed by atoms with Crippen LogP contribution in [0, 0.1) is 0 Å². The van der Waals surface area contributed by atoms with Crippen molar-refractivity contribution in [3.8, 4) is 0 Å². The van der Waals surface area contributed by atoms with Crippen molar-refractivity contribution in [2.75, 3.05) is 13.1 Å². The van der Waals surface area contributed by atoms with E-state index in [4.69, 9.17) is 0 Å². The zero-order valence-corrected chi connectivity index (χ0v) is 11.0. The van der Waals surface area contributed by atoms with Crippen molar-refractivity contribution < 1.29 is 8.42 Å². The summed E-state index contributed by atoms with van der Waals surface area (Å²) in [7, 11) is -1.74. The van der Waals surface area contributed by atoms with Gasteiger partial charge in [0, 0.05) is 25.5 Å². The van der Waals surface area contributed by atoms with Crippen molar-refractivity contribution in [2.45, 2.75) is 17.9 Å². The van der Waals surface area contributed by atoms with Crippen LogP contribution in [0.25, 0.3) is 10.9 Å². The largest absolute Gasteiger partial charge is 0.260 e. The Morgan fingerprint density at radius 2 is 1.83 bits per heavy atom. The number of nitrogens with zero attached hydrogens (tertiary/aromatic N) is 3. The summed E-state index contributed by atoms with van der Waals surface area (Å²) in [4.78, 5) is 0. The Balaban J connectivity index is 2.22. The fraction of sp³-hybridized carbons (Fsp3) is 0.417. The van der Waals surface area contributed by atoms with Gasteiger partial charge >= 0.3 is 0 Å². The third-order valence-electron chi connectivity index (χ3n) is 3.34. The molecule has 18 heavy (non-hydrogen) atoms. The van der Waals surface area contributed by atoms with Crippen molar-refractivity contribution in [3.63, 3.8) is 0 Å². The first-order valence-corrected chi connectivity index (χ1v) is 7.46. The predicted molar refractivity (Wildman–Crippen MR) is 68.7 cm³/mol. The van der Waals surface area contributed by atoms with E-state index in [2.05, 4.69) is 5.10 Å². The van der Waals surface area contributed by atoms with Gasteiger partial charge in [-0.2, -0.15) is 9.40 Å². The number of benzene rings is 1. The summed E-state index contributed by atoms with van der Waals surface area (Å²) < 4.78 is 28.2. The van der Waals surface area contributed by atoms with Crippen molar-refractivity contribution in [1.29, 1.82) is 0 Å². The lowest BCUT2D eigenvalue weighted by Crippen LogP contribution is -2.29. The second-order valence-corrected chi connectivity index (χ2v) is 6.41. The molecule has 0 aliphatic carbocycles. The Morgan fingerprint density at radius 1 is 1.17 bits per heavy atom. The third-order valence-corrected chi connectivity index (χ3v) is 5.35. The second-order valence-electron chi connectivity index (χ2n) is 4.56. The van der Waals surface area contributed by atoms with Gasteiger partial charge in [-0.05, 0) is 25.0 Å². The lowest BCUT2D eigenvalue weighted by atomic mass is 10.3. The average molecular weight is 265 g/mol. The van der Waals surface area contributed by atoms with E-state index in [0.717, 1.165) is 18.4 Å². The highest BCUT2D eigenvalue weighted by Gasteiger charge is 2.31. The van der Waals surface area contributed by atoms with E-state index in [-0.39, 0.29) is 0 Å². The van der Waals surface area contributed by atoms with Gasteiger partial charge in [0.05, 0.1) is 5.52 Å². The van der Waals surface area contributed by atoms with Crippen LogP contribution in [0.1, 0.15) is 12.8 Å². The van der Waals surface area contributed by atoms with Crippen LogP contribution in [0.15, 0.2) is 29.3 Å². The van der Waals surface area contributed by atoms with Gasteiger partial charge in [0.15, 0.2) is 5.03 Å². The predicted octanol–water partition coefficient (Wildman–Crippen LogP) is 1.36. The van der Waals surface area contributed by atoms with E-state index in [1.54, 1.807) is 11.4 Å². The van der Waals surface area contributed by atoms with Gasteiger partial charge in [0.1, 0.15) is 0 Å². The van der Waals surface area contributed by atoms with Crippen molar-refractivity contribution in [2.24, 2.45) is 7.05 Å². The van der Waals surface area contributed by atoms with E-state index in [0.29, 0.717) is 23.5 Å². The number of hydrogen-bond donors (Lipinski definition) is 0. The molecule has 1 aliphatic heterocycles. The van der Waals surface area contributed by atoms with Gasteiger partial charge in [-0.3, -0.25) is 4.68 Å². The molecule has 0 unspecified atom stereocenters. The first-order valence-electron chi connectivity index (χ1n) is 6.02. The summed E-state index contributed by atoms with van der Waals surface area (Å²) in [5.74, 6) is 0. The molecule has 0 bridgehead atoms. The topological polar surface area (TPSA) is 55.2 Å². The molecule has 96 valence electrons. The van der Waals surface area contributed by atoms with Gasteiger partial charge in [0.25, 0.3) is 10.0 Å². The lowest BCUT2D eigenvalue weighted by Gasteiger charge is -2.15. The van der Waals surface area contributed by atoms with E-state index >= 15 is 0 Å². The quantitative estimate of drug-likeness (QED) is 0.823. The summed E-state index contributed by atoms with van der Waals surface area (Å²) >= 11 is 0. The SMILES string of the molecule is Cn1nc2ccccc2c1S(=O)(=O)N1CCCC1. The van der Waals surface area contributed by atoms with E-state index < -0.39 is 10.0 Å². The molecule has 1 aliphatic rings. The second kappa shape index (κ2) is 4.07. The molecular formula is C12H15N3O2S. The summed E-state index contributed by atoms with van der Waals surface area (Å²) in [5, 5.41) is 5.27. The van der Waals surface area contributed by atoms with Crippen molar-refractivity contribution >= 4 is 20.9 Å². The summed E-state index contributed by atoms with van der Waals surface area (Å²) in [5.41, 5.74) is 0.720. The minimum Gasteiger partial charge on any atom is -0.255 e. The minimum atomic E-state index is -3.42. The molecule has 3 rings (SSSR count). The summed E-state index contributed by atoms with van der Waals surface area (Å²) in [6.45, 7) is 1.23.